The Balaban J connectivity index is 1.88. The van der Waals surface area contributed by atoms with Crippen molar-refractivity contribution in [2.24, 2.45) is 22.7 Å². The van der Waals surface area contributed by atoms with Gasteiger partial charge in [-0.15, -0.1) is 0 Å². The van der Waals surface area contributed by atoms with E-state index in [0.29, 0.717) is 5.41 Å². The van der Waals surface area contributed by atoms with Crippen molar-refractivity contribution in [3.05, 3.63) is 0 Å². The molecule has 0 amide bonds. The SMILES string of the molecule is CC12CC3(O)CC4CC1(C2)C4C3. The van der Waals surface area contributed by atoms with Crippen LogP contribution >= 0.6 is 0 Å². The summed E-state index contributed by atoms with van der Waals surface area (Å²) < 4.78 is 0. The maximum atomic E-state index is 10.3. The van der Waals surface area contributed by atoms with E-state index in [2.05, 4.69) is 6.92 Å². The van der Waals surface area contributed by atoms with Crippen LogP contribution in [0.3, 0.4) is 0 Å². The monoisotopic (exact) mass is 164 g/mol. The average Bonchev–Trinajstić information content (AvgIpc) is 2.46. The second-order valence-electron chi connectivity index (χ2n) is 6.27. The Hall–Kier alpha value is -0.0400. The van der Waals surface area contributed by atoms with Crippen LogP contribution in [0.5, 0.6) is 0 Å². The van der Waals surface area contributed by atoms with E-state index in [-0.39, 0.29) is 5.60 Å². The Labute approximate surface area is 73.2 Å². The van der Waals surface area contributed by atoms with Crippen LogP contribution < -0.4 is 0 Å². The van der Waals surface area contributed by atoms with Gasteiger partial charge in [-0.25, -0.2) is 0 Å². The molecule has 4 saturated carbocycles. The zero-order valence-electron chi connectivity index (χ0n) is 7.64. The molecule has 1 spiro atoms. The van der Waals surface area contributed by atoms with Crippen molar-refractivity contribution in [1.29, 1.82) is 0 Å². The summed E-state index contributed by atoms with van der Waals surface area (Å²) in [6.07, 6.45) is 6.29. The van der Waals surface area contributed by atoms with Crippen LogP contribution in [0.1, 0.15) is 39.0 Å². The van der Waals surface area contributed by atoms with Gasteiger partial charge in [0.2, 0.25) is 0 Å². The lowest BCUT2D eigenvalue weighted by atomic mass is 9.58. The van der Waals surface area contributed by atoms with Crippen LogP contribution in [0.25, 0.3) is 0 Å². The van der Waals surface area contributed by atoms with Crippen LogP contribution in [0, 0.1) is 22.7 Å². The van der Waals surface area contributed by atoms with E-state index in [4.69, 9.17) is 0 Å². The van der Waals surface area contributed by atoms with Crippen LogP contribution in [-0.4, -0.2) is 10.7 Å². The Bertz CT molecular complexity index is 285. The number of fused-ring (bicyclic) bond motifs is 1. The average molecular weight is 164 g/mol. The molecule has 0 aromatic rings. The minimum absolute atomic E-state index is 0.222. The van der Waals surface area contributed by atoms with E-state index in [1.807, 2.05) is 0 Å². The molecule has 1 nitrogen and oxygen atoms in total. The summed E-state index contributed by atoms with van der Waals surface area (Å²) in [7, 11) is 0. The summed E-state index contributed by atoms with van der Waals surface area (Å²) in [5, 5.41) is 10.3. The Kier molecular flexibility index (Phi) is 0.693. The van der Waals surface area contributed by atoms with Crippen LogP contribution in [0.15, 0.2) is 0 Å². The Morgan fingerprint density at radius 1 is 1.17 bits per heavy atom. The van der Waals surface area contributed by atoms with Crippen molar-refractivity contribution in [2.75, 3.05) is 0 Å². The normalized spacial score (nSPS) is 76.5. The van der Waals surface area contributed by atoms with E-state index in [0.717, 1.165) is 36.5 Å². The van der Waals surface area contributed by atoms with Crippen LogP contribution in [0.4, 0.5) is 0 Å². The number of rotatable bonds is 0. The highest BCUT2D eigenvalue weighted by Gasteiger charge is 2.81. The second-order valence-corrected chi connectivity index (χ2v) is 6.27. The van der Waals surface area contributed by atoms with Gasteiger partial charge in [-0.3, -0.25) is 0 Å². The van der Waals surface area contributed by atoms with Crippen LogP contribution in [0.2, 0.25) is 0 Å². The lowest BCUT2D eigenvalue weighted by Crippen LogP contribution is -2.41. The first-order valence-corrected chi connectivity index (χ1v) is 5.30. The zero-order chi connectivity index (χ0) is 8.19. The highest BCUT2D eigenvalue weighted by atomic mass is 16.3. The Morgan fingerprint density at radius 3 is 2.83 bits per heavy atom. The van der Waals surface area contributed by atoms with Gasteiger partial charge in [0.05, 0.1) is 5.60 Å². The molecule has 66 valence electrons. The third-order valence-corrected chi connectivity index (χ3v) is 5.65. The summed E-state index contributed by atoms with van der Waals surface area (Å²) >= 11 is 0. The molecule has 0 heterocycles. The van der Waals surface area contributed by atoms with Crippen molar-refractivity contribution in [3.63, 3.8) is 0 Å². The molecule has 1 heteroatoms. The van der Waals surface area contributed by atoms with Gasteiger partial charge in [-0.2, -0.15) is 0 Å². The molecule has 4 fully saturated rings. The predicted octanol–water partition coefficient (Wildman–Crippen LogP) is 1.95. The third kappa shape index (κ3) is 0.414. The first-order valence-electron chi connectivity index (χ1n) is 5.30. The second kappa shape index (κ2) is 1.30. The zero-order valence-corrected chi connectivity index (χ0v) is 7.64. The lowest BCUT2D eigenvalue weighted by molar-refractivity contribution is -0.0335. The molecule has 12 heavy (non-hydrogen) atoms. The molecular weight excluding hydrogens is 148 g/mol. The van der Waals surface area contributed by atoms with E-state index in [1.165, 1.54) is 12.8 Å². The van der Waals surface area contributed by atoms with Crippen molar-refractivity contribution >= 4 is 0 Å². The van der Waals surface area contributed by atoms with Crippen LogP contribution in [-0.2, 0) is 0 Å². The number of aliphatic hydroxyl groups is 1. The molecule has 0 aromatic heterocycles. The quantitative estimate of drug-likeness (QED) is 0.580. The number of hydrogen-bond donors (Lipinski definition) is 1. The third-order valence-electron chi connectivity index (χ3n) is 5.65. The molecule has 4 aliphatic carbocycles. The van der Waals surface area contributed by atoms with Gasteiger partial charge in [0.25, 0.3) is 0 Å². The minimum atomic E-state index is -0.222. The summed E-state index contributed by atoms with van der Waals surface area (Å²) in [6, 6.07) is 0. The van der Waals surface area contributed by atoms with Crippen molar-refractivity contribution in [2.45, 2.75) is 44.6 Å². The fraction of sp³-hybridized carbons (Fsp3) is 1.00. The molecule has 4 rings (SSSR count). The summed E-state index contributed by atoms with van der Waals surface area (Å²) in [5.74, 6) is 1.85. The fourth-order valence-electron chi connectivity index (χ4n) is 5.27. The molecule has 2 bridgehead atoms. The molecule has 5 atom stereocenters. The summed E-state index contributed by atoms with van der Waals surface area (Å²) in [5.41, 5.74) is 1.10. The van der Waals surface area contributed by atoms with Gasteiger partial charge in [-0.1, -0.05) is 6.92 Å². The largest absolute Gasteiger partial charge is 0.390 e. The molecule has 0 aromatic carbocycles. The first-order chi connectivity index (χ1) is 5.57. The maximum absolute atomic E-state index is 10.3. The van der Waals surface area contributed by atoms with Gasteiger partial charge >= 0.3 is 0 Å². The first kappa shape index (κ1) is 6.42. The van der Waals surface area contributed by atoms with Crippen molar-refractivity contribution in [1.82, 2.24) is 0 Å². The molecule has 0 radical (unpaired) electrons. The number of hydrogen-bond acceptors (Lipinski definition) is 1. The maximum Gasteiger partial charge on any atom is 0.0659 e. The molecule has 0 aliphatic heterocycles. The van der Waals surface area contributed by atoms with Crippen molar-refractivity contribution < 1.29 is 5.11 Å². The van der Waals surface area contributed by atoms with Crippen molar-refractivity contribution in [3.8, 4) is 0 Å². The molecular formula is C11H16O. The van der Waals surface area contributed by atoms with E-state index >= 15 is 0 Å². The standard InChI is InChI=1S/C11H16O/c1-9-5-10(12)2-7-3-11(9,6-9)8(7)4-10/h7-8,12H,2-6H2,1H3. The molecule has 4 aliphatic rings. The fourth-order valence-corrected chi connectivity index (χ4v) is 5.27. The summed E-state index contributed by atoms with van der Waals surface area (Å²) in [6.45, 7) is 2.41. The lowest BCUT2D eigenvalue weighted by Gasteiger charge is -2.46. The highest BCUT2D eigenvalue weighted by Crippen LogP contribution is 2.87. The van der Waals surface area contributed by atoms with Gasteiger partial charge in [-0.05, 0) is 54.8 Å². The molecule has 0 saturated heterocycles. The van der Waals surface area contributed by atoms with Gasteiger partial charge in [0, 0.05) is 0 Å². The van der Waals surface area contributed by atoms with E-state index < -0.39 is 0 Å². The summed E-state index contributed by atoms with van der Waals surface area (Å²) in [4.78, 5) is 0. The van der Waals surface area contributed by atoms with E-state index in [9.17, 15) is 5.11 Å². The van der Waals surface area contributed by atoms with Gasteiger partial charge in [0.15, 0.2) is 0 Å². The van der Waals surface area contributed by atoms with E-state index in [1.54, 1.807) is 0 Å². The predicted molar refractivity (Wildman–Crippen MR) is 45.6 cm³/mol. The minimum Gasteiger partial charge on any atom is -0.390 e. The highest BCUT2D eigenvalue weighted by molar-refractivity contribution is 5.30. The molecule has 5 unspecified atom stereocenters. The smallest absolute Gasteiger partial charge is 0.0659 e. The topological polar surface area (TPSA) is 20.2 Å². The van der Waals surface area contributed by atoms with Gasteiger partial charge < -0.3 is 5.11 Å². The molecule has 1 N–H and O–H groups in total. The Morgan fingerprint density at radius 2 is 2.00 bits per heavy atom. The van der Waals surface area contributed by atoms with Gasteiger partial charge in [0.1, 0.15) is 0 Å².